The van der Waals surface area contributed by atoms with Crippen LogP contribution in [-0.2, 0) is 4.74 Å². The number of carbonyl (C=O) groups excluding carboxylic acids is 1. The molecule has 4 nitrogen and oxygen atoms in total. The Morgan fingerprint density at radius 3 is 2.76 bits per heavy atom. The van der Waals surface area contributed by atoms with Crippen molar-refractivity contribution >= 4 is 29.2 Å². The van der Waals surface area contributed by atoms with Gasteiger partial charge >= 0.3 is 6.09 Å². The third-order valence-corrected chi connectivity index (χ3v) is 3.07. The molecule has 1 aliphatic heterocycles. The molecule has 1 saturated heterocycles. The smallest absolute Gasteiger partial charge is 0.429 e. The molecule has 0 spiro atoms. The Hall–Kier alpha value is -1.88. The van der Waals surface area contributed by atoms with Gasteiger partial charge in [0, 0.05) is 5.39 Å². The average Bonchev–Trinajstić information content (AvgIpc) is 2.75. The van der Waals surface area contributed by atoms with E-state index >= 15 is 0 Å². The highest BCUT2D eigenvalue weighted by Gasteiger charge is 2.24. The first-order valence-corrected chi connectivity index (χ1v) is 5.73. The van der Waals surface area contributed by atoms with Crippen molar-refractivity contribution in [3.63, 3.8) is 0 Å². The van der Waals surface area contributed by atoms with E-state index in [9.17, 15) is 4.79 Å². The summed E-state index contributed by atoms with van der Waals surface area (Å²) in [7, 11) is 0. The number of carbonyl (C=O) groups is 1. The second-order valence-electron chi connectivity index (χ2n) is 3.78. The normalized spacial score (nSPS) is 15.3. The van der Waals surface area contributed by atoms with Gasteiger partial charge in [0.2, 0.25) is 0 Å². The number of cyclic esters (lactones) is 1. The zero-order chi connectivity index (χ0) is 11.8. The summed E-state index contributed by atoms with van der Waals surface area (Å²) in [6.45, 7) is 0.935. The van der Waals surface area contributed by atoms with Crippen molar-refractivity contribution in [3.05, 3.63) is 41.0 Å². The predicted molar refractivity (Wildman–Crippen MR) is 67.2 cm³/mol. The van der Waals surface area contributed by atoms with Crippen molar-refractivity contribution in [2.24, 2.45) is 0 Å². The van der Waals surface area contributed by atoms with Crippen LogP contribution in [0.3, 0.4) is 0 Å². The third kappa shape index (κ3) is 1.59. The topological polar surface area (TPSA) is 34.5 Å². The summed E-state index contributed by atoms with van der Waals surface area (Å²) >= 11 is 5.28. The van der Waals surface area contributed by atoms with E-state index in [2.05, 4.69) is 0 Å². The summed E-state index contributed by atoms with van der Waals surface area (Å²) in [6.07, 6.45) is -0.350. The van der Waals surface area contributed by atoms with Crippen LogP contribution in [0.25, 0.3) is 10.9 Å². The molecule has 5 heteroatoms. The van der Waals surface area contributed by atoms with Crippen LogP contribution in [0.1, 0.15) is 0 Å². The van der Waals surface area contributed by atoms with Crippen LogP contribution in [-0.4, -0.2) is 23.9 Å². The first-order chi connectivity index (χ1) is 8.27. The Balaban J connectivity index is 2.30. The molecule has 0 bridgehead atoms. The highest BCUT2D eigenvalue weighted by atomic mass is 32.1. The van der Waals surface area contributed by atoms with Crippen LogP contribution in [0.4, 0.5) is 4.79 Å². The van der Waals surface area contributed by atoms with E-state index in [4.69, 9.17) is 17.0 Å². The molecule has 2 heterocycles. The number of benzene rings is 1. The van der Waals surface area contributed by atoms with Crippen molar-refractivity contribution < 1.29 is 9.53 Å². The molecular weight excluding hydrogens is 236 g/mol. The van der Waals surface area contributed by atoms with Gasteiger partial charge in [0.25, 0.3) is 0 Å². The number of fused-ring (bicyclic) bond motifs is 1. The lowest BCUT2D eigenvalue weighted by atomic mass is 10.2. The van der Waals surface area contributed by atoms with Crippen molar-refractivity contribution in [3.8, 4) is 0 Å². The van der Waals surface area contributed by atoms with Gasteiger partial charge in [-0.3, -0.25) is 0 Å². The minimum Gasteiger partial charge on any atom is -0.446 e. The molecule has 1 aliphatic rings. The Morgan fingerprint density at radius 2 is 2.00 bits per heavy atom. The van der Waals surface area contributed by atoms with Gasteiger partial charge in [-0.2, -0.15) is 0 Å². The molecule has 3 rings (SSSR count). The summed E-state index contributed by atoms with van der Waals surface area (Å²) in [5.74, 6) is 0. The summed E-state index contributed by atoms with van der Waals surface area (Å²) < 4.78 is 7.28. The van der Waals surface area contributed by atoms with Crippen LogP contribution in [0.15, 0.2) is 36.4 Å². The maximum absolute atomic E-state index is 11.6. The number of amides is 1. The van der Waals surface area contributed by atoms with E-state index in [-0.39, 0.29) is 6.09 Å². The van der Waals surface area contributed by atoms with E-state index in [1.807, 2.05) is 36.4 Å². The van der Waals surface area contributed by atoms with Crippen molar-refractivity contribution in [2.75, 3.05) is 18.2 Å². The first-order valence-electron chi connectivity index (χ1n) is 5.33. The van der Waals surface area contributed by atoms with Gasteiger partial charge in [-0.15, -0.1) is 0 Å². The Kier molecular flexibility index (Phi) is 2.33. The van der Waals surface area contributed by atoms with E-state index in [1.54, 1.807) is 4.68 Å². The van der Waals surface area contributed by atoms with Crippen LogP contribution in [0.5, 0.6) is 0 Å². The van der Waals surface area contributed by atoms with E-state index in [0.29, 0.717) is 17.8 Å². The number of hydrogen-bond donors (Lipinski definition) is 0. The molecule has 0 radical (unpaired) electrons. The minimum atomic E-state index is -0.350. The molecule has 86 valence electrons. The molecule has 17 heavy (non-hydrogen) atoms. The standard InChI is InChI=1S/C12H10N2O2S/c15-12-13(7-8-16-12)14-10-4-2-1-3-9(10)5-6-11(14)17/h1-6H,7-8H2. The fourth-order valence-corrected chi connectivity index (χ4v) is 2.25. The van der Waals surface area contributed by atoms with Crippen LogP contribution < -0.4 is 5.01 Å². The lowest BCUT2D eigenvalue weighted by Gasteiger charge is -2.19. The largest absolute Gasteiger partial charge is 0.446 e. The molecule has 0 aliphatic carbocycles. The third-order valence-electron chi connectivity index (χ3n) is 2.76. The maximum atomic E-state index is 11.6. The maximum Gasteiger partial charge on any atom is 0.429 e. The van der Waals surface area contributed by atoms with Crippen LogP contribution in [0, 0.1) is 4.64 Å². The predicted octanol–water partition coefficient (Wildman–Crippen LogP) is 2.46. The SMILES string of the molecule is O=C1OCCN1n1c(=S)ccc2ccccc21. The van der Waals surface area contributed by atoms with Crippen LogP contribution in [0.2, 0.25) is 0 Å². The zero-order valence-corrected chi connectivity index (χ0v) is 9.81. The Morgan fingerprint density at radius 1 is 1.18 bits per heavy atom. The average molecular weight is 246 g/mol. The molecule has 2 aromatic rings. The van der Waals surface area contributed by atoms with Crippen molar-refractivity contribution in [1.29, 1.82) is 0 Å². The van der Waals surface area contributed by atoms with Gasteiger partial charge in [0.1, 0.15) is 11.2 Å². The fourth-order valence-electron chi connectivity index (χ4n) is 1.99. The molecule has 0 saturated carbocycles. The summed E-state index contributed by atoms with van der Waals surface area (Å²) in [4.78, 5) is 11.6. The monoisotopic (exact) mass is 246 g/mol. The molecular formula is C12H10N2O2S. The molecule has 0 N–H and O–H groups in total. The van der Waals surface area contributed by atoms with Gasteiger partial charge < -0.3 is 4.74 Å². The molecule has 0 atom stereocenters. The van der Waals surface area contributed by atoms with Crippen LogP contribution >= 0.6 is 12.2 Å². The number of rotatable bonds is 1. The second kappa shape index (κ2) is 3.85. The first kappa shape index (κ1) is 10.3. The van der Waals surface area contributed by atoms with Crippen molar-refractivity contribution in [1.82, 2.24) is 4.68 Å². The number of ether oxygens (including phenoxy) is 1. The highest BCUT2D eigenvalue weighted by Crippen LogP contribution is 2.16. The number of aromatic nitrogens is 1. The summed E-state index contributed by atoms with van der Waals surface area (Å²) in [5.41, 5.74) is 0.916. The van der Waals surface area contributed by atoms with Gasteiger partial charge in [-0.25, -0.2) is 14.5 Å². The Labute approximate surface area is 103 Å². The number of pyridine rings is 1. The van der Waals surface area contributed by atoms with Crippen molar-refractivity contribution in [2.45, 2.75) is 0 Å². The van der Waals surface area contributed by atoms with Gasteiger partial charge in [-0.1, -0.05) is 30.4 Å². The molecule has 1 aromatic heterocycles. The minimum absolute atomic E-state index is 0.350. The zero-order valence-electron chi connectivity index (χ0n) is 9.00. The van der Waals surface area contributed by atoms with E-state index < -0.39 is 0 Å². The molecule has 1 amide bonds. The lowest BCUT2D eigenvalue weighted by Crippen LogP contribution is -2.36. The van der Waals surface area contributed by atoms with Gasteiger partial charge in [0.15, 0.2) is 0 Å². The highest BCUT2D eigenvalue weighted by molar-refractivity contribution is 7.71. The van der Waals surface area contributed by atoms with Gasteiger partial charge in [0.05, 0.1) is 12.1 Å². The number of hydrogen-bond acceptors (Lipinski definition) is 3. The van der Waals surface area contributed by atoms with E-state index in [0.717, 1.165) is 10.9 Å². The lowest BCUT2D eigenvalue weighted by molar-refractivity contribution is 0.178. The Bertz CT molecular complexity index is 650. The van der Waals surface area contributed by atoms with E-state index in [1.165, 1.54) is 5.01 Å². The molecule has 0 unspecified atom stereocenters. The molecule has 1 aromatic carbocycles. The summed E-state index contributed by atoms with van der Waals surface area (Å²) in [5, 5.41) is 2.57. The number of para-hydroxylation sites is 1. The quantitative estimate of drug-likeness (QED) is 0.725. The number of nitrogens with zero attached hydrogens (tertiary/aromatic N) is 2. The molecule has 1 fully saturated rings. The second-order valence-corrected chi connectivity index (χ2v) is 4.20. The van der Waals surface area contributed by atoms with Gasteiger partial charge in [-0.05, 0) is 18.2 Å². The fraction of sp³-hybridized carbons (Fsp3) is 0.167. The summed E-state index contributed by atoms with van der Waals surface area (Å²) in [6, 6.07) is 11.6.